The number of aliphatic carboxylic acids is 2. The maximum absolute atomic E-state index is 12.6. The maximum Gasteiger partial charge on any atom is 0.303 e. The minimum atomic E-state index is -0.901. The number of aromatic amines is 2. The first kappa shape index (κ1) is 31.3. The topological polar surface area (TPSA) is 168 Å². The second kappa shape index (κ2) is 12.5. The van der Waals surface area contributed by atoms with Crippen LogP contribution >= 0.6 is 0 Å². The minimum Gasteiger partial charge on any atom is -0.495 e. The van der Waals surface area contributed by atoms with E-state index >= 15 is 0 Å². The third kappa shape index (κ3) is 6.24. The van der Waals surface area contributed by atoms with E-state index in [4.69, 9.17) is 0 Å². The second-order valence-corrected chi connectivity index (χ2v) is 13.4. The number of aliphatic hydroxyl groups is 1. The van der Waals surface area contributed by atoms with Crippen LogP contribution in [-0.2, 0) is 39.0 Å². The standard InChI is InChI=1S/C33H40N4O6S/c1-6-19-15(2)24(36-33(19)43)11-22-16(3)20(7-9-29(38)39)25(34-22)13-26-21(8-10-30(40)41)17(4)23(35-26)12-27-31(28-14-44-28)18(5)32(42)37-27/h6,11-13,15,18,24,28,31,34-36,43H,1,7-10,14H2,2-5H3,(H,37,42)(H,38,39)(H,40,41)/p+1/b22-11-,25-13-,27-12-/t15?,18-,24-,28-,31-/m1/s1. The van der Waals surface area contributed by atoms with Gasteiger partial charge in [-0.05, 0) is 78.9 Å². The Morgan fingerprint density at radius 1 is 0.955 bits per heavy atom. The molecule has 0 bridgehead atoms. The van der Waals surface area contributed by atoms with E-state index in [1.165, 1.54) is 11.8 Å². The van der Waals surface area contributed by atoms with Crippen LogP contribution in [0.15, 0.2) is 29.8 Å². The Labute approximate surface area is 260 Å². The number of amides is 1. The molecule has 10 nitrogen and oxygen atoms in total. The van der Waals surface area contributed by atoms with Crippen LogP contribution in [0.3, 0.4) is 0 Å². The summed E-state index contributed by atoms with van der Waals surface area (Å²) < 4.78 is 0. The normalized spacial score (nSPS) is 26.4. The third-order valence-electron chi connectivity index (χ3n) is 9.23. The van der Waals surface area contributed by atoms with Crippen LogP contribution in [0.2, 0.25) is 0 Å². The number of carboxylic acids is 2. The third-order valence-corrected chi connectivity index (χ3v) is 10.3. The number of rotatable bonds is 11. The number of carbonyl (C=O) groups excluding carboxylic acids is 1. The molecule has 0 spiro atoms. The molecular formula is C33H41N4O6S+. The molecule has 2 aromatic heterocycles. The first-order valence-corrected chi connectivity index (χ1v) is 16.1. The Kier molecular flexibility index (Phi) is 8.88. The smallest absolute Gasteiger partial charge is 0.303 e. The fourth-order valence-corrected chi connectivity index (χ4v) is 7.47. The Morgan fingerprint density at radius 3 is 2.20 bits per heavy atom. The summed E-state index contributed by atoms with van der Waals surface area (Å²) in [4.78, 5) is 42.6. The molecule has 0 aromatic carbocycles. The number of carboxylic acid groups (broad SMARTS) is 2. The van der Waals surface area contributed by atoms with Gasteiger partial charge in [-0.25, -0.2) is 0 Å². The van der Waals surface area contributed by atoms with Crippen molar-refractivity contribution >= 4 is 47.8 Å². The monoisotopic (exact) mass is 621 g/mol. The summed E-state index contributed by atoms with van der Waals surface area (Å²) in [5.41, 5.74) is 6.70. The van der Waals surface area contributed by atoms with E-state index in [1.54, 1.807) is 6.08 Å². The molecule has 3 aliphatic rings. The van der Waals surface area contributed by atoms with Crippen molar-refractivity contribution in [1.29, 1.82) is 0 Å². The largest absolute Gasteiger partial charge is 0.495 e. The van der Waals surface area contributed by atoms with Gasteiger partial charge in [0.2, 0.25) is 5.91 Å². The zero-order valence-electron chi connectivity index (χ0n) is 25.5. The van der Waals surface area contributed by atoms with Crippen LogP contribution in [0.1, 0.15) is 60.3 Å². The number of carbonyl (C=O) groups is 3. The maximum atomic E-state index is 12.6. The predicted octanol–water partition coefficient (Wildman–Crippen LogP) is 2.09. The van der Waals surface area contributed by atoms with Crippen LogP contribution in [0.4, 0.5) is 0 Å². The number of hydrogen-bond acceptors (Lipinski definition) is 5. The summed E-state index contributed by atoms with van der Waals surface area (Å²) in [5.74, 6) is -0.584. The van der Waals surface area contributed by atoms with Gasteiger partial charge >= 0.3 is 11.9 Å². The first-order chi connectivity index (χ1) is 20.9. The van der Waals surface area contributed by atoms with Gasteiger partial charge in [-0.2, -0.15) is 0 Å². The average Bonchev–Trinajstić information content (AvgIpc) is 3.53. The first-order valence-electron chi connectivity index (χ1n) is 15.0. The number of aliphatic hydroxyl groups excluding tert-OH is 1. The Balaban J connectivity index is 1.61. The highest BCUT2D eigenvalue weighted by atomic mass is 32.2. The van der Waals surface area contributed by atoms with Crippen molar-refractivity contribution in [3.05, 3.63) is 74.1 Å². The number of aromatic nitrogens is 2. The number of nitrogens with one attached hydrogen (secondary N) is 4. The van der Waals surface area contributed by atoms with Crippen LogP contribution in [0, 0.1) is 31.6 Å². The van der Waals surface area contributed by atoms with E-state index in [0.717, 1.165) is 61.4 Å². The van der Waals surface area contributed by atoms with E-state index in [9.17, 15) is 29.7 Å². The molecule has 5 rings (SSSR count). The average molecular weight is 622 g/mol. The SMILES string of the molecule is C=CC1=C(O)N[C@H](/C=c2\[nH]/c(=C\c3[nH]c(/C=C4\NC(=O)[C@H](C)[C@H]4[C@H]4C[SH+]4)c(C)c3CCC(=O)O)c(CCC(=O)O)c2C)C1C. The molecule has 2 saturated heterocycles. The highest BCUT2D eigenvalue weighted by Crippen LogP contribution is 2.38. The fourth-order valence-electron chi connectivity index (χ4n) is 6.48. The van der Waals surface area contributed by atoms with E-state index < -0.39 is 11.9 Å². The highest BCUT2D eigenvalue weighted by Gasteiger charge is 2.52. The Hall–Kier alpha value is -4.12. The molecule has 0 saturated carbocycles. The molecule has 1 unspecified atom stereocenters. The lowest BCUT2D eigenvalue weighted by Crippen LogP contribution is -2.28. The lowest BCUT2D eigenvalue weighted by Gasteiger charge is -2.12. The molecule has 2 aromatic rings. The van der Waals surface area contributed by atoms with E-state index in [-0.39, 0.29) is 48.4 Å². The summed E-state index contributed by atoms with van der Waals surface area (Å²) in [5, 5.41) is 37.5. The van der Waals surface area contributed by atoms with Crippen LogP contribution in [0.5, 0.6) is 0 Å². The quantitative estimate of drug-likeness (QED) is 0.115. The zero-order chi connectivity index (χ0) is 31.9. The molecule has 3 aliphatic heterocycles. The summed E-state index contributed by atoms with van der Waals surface area (Å²) in [6.45, 7) is 11.7. The summed E-state index contributed by atoms with van der Waals surface area (Å²) in [6.07, 6.45) is 8.07. The van der Waals surface area contributed by atoms with Crippen molar-refractivity contribution in [3.63, 3.8) is 0 Å². The van der Waals surface area contributed by atoms with Gasteiger partial charge in [0.05, 0.1) is 12.0 Å². The molecule has 11 heteroatoms. The number of allylic oxidation sites excluding steroid dienone is 2. The molecule has 0 aliphatic carbocycles. The van der Waals surface area contributed by atoms with Gasteiger partial charge in [0.1, 0.15) is 0 Å². The molecule has 7 N–H and O–H groups in total. The highest BCUT2D eigenvalue weighted by molar-refractivity contribution is 7.86. The van der Waals surface area contributed by atoms with Gasteiger partial charge in [0, 0.05) is 58.0 Å². The summed E-state index contributed by atoms with van der Waals surface area (Å²) in [7, 11) is 0. The van der Waals surface area contributed by atoms with Gasteiger partial charge in [-0.1, -0.05) is 26.5 Å². The van der Waals surface area contributed by atoms with Crippen molar-refractivity contribution in [2.24, 2.45) is 17.8 Å². The molecule has 5 atom stereocenters. The summed E-state index contributed by atoms with van der Waals surface area (Å²) in [6, 6.07) is -0.194. The van der Waals surface area contributed by atoms with Gasteiger partial charge in [0.15, 0.2) is 16.9 Å². The number of thiol groups is 1. The van der Waals surface area contributed by atoms with Gasteiger partial charge in [-0.15, -0.1) is 0 Å². The van der Waals surface area contributed by atoms with Crippen molar-refractivity contribution in [2.75, 3.05) is 5.75 Å². The fraction of sp³-hybridized carbons (Fsp3) is 0.424. The zero-order valence-corrected chi connectivity index (χ0v) is 26.3. The van der Waals surface area contributed by atoms with Crippen molar-refractivity contribution in [1.82, 2.24) is 20.6 Å². The molecule has 2 fully saturated rings. The lowest BCUT2D eigenvalue weighted by molar-refractivity contribution is -0.138. The molecule has 1 amide bonds. The van der Waals surface area contributed by atoms with Crippen LogP contribution < -0.4 is 21.3 Å². The van der Waals surface area contributed by atoms with Crippen LogP contribution in [-0.4, -0.2) is 60.2 Å². The van der Waals surface area contributed by atoms with Crippen molar-refractivity contribution in [3.8, 4) is 0 Å². The Morgan fingerprint density at radius 2 is 1.61 bits per heavy atom. The van der Waals surface area contributed by atoms with Crippen molar-refractivity contribution < 1.29 is 29.7 Å². The van der Waals surface area contributed by atoms with E-state index in [2.05, 4.69) is 27.2 Å². The van der Waals surface area contributed by atoms with Crippen LogP contribution in [0.25, 0.3) is 18.2 Å². The van der Waals surface area contributed by atoms with Gasteiger partial charge < -0.3 is 35.9 Å². The summed E-state index contributed by atoms with van der Waals surface area (Å²) >= 11 is 1.36. The minimum absolute atomic E-state index is 0.0212. The predicted molar refractivity (Wildman–Crippen MR) is 172 cm³/mol. The Bertz CT molecular complexity index is 1710. The molecule has 0 radical (unpaired) electrons. The van der Waals surface area contributed by atoms with Gasteiger partial charge in [0.25, 0.3) is 0 Å². The molecule has 234 valence electrons. The molecule has 44 heavy (non-hydrogen) atoms. The van der Waals surface area contributed by atoms with E-state index in [1.807, 2.05) is 45.9 Å². The molecular weight excluding hydrogens is 580 g/mol. The number of hydrogen-bond donors (Lipinski definition) is 7. The number of H-pyrrole nitrogens is 2. The van der Waals surface area contributed by atoms with Gasteiger partial charge in [-0.3, -0.25) is 14.4 Å². The van der Waals surface area contributed by atoms with Crippen molar-refractivity contribution in [2.45, 2.75) is 64.7 Å². The van der Waals surface area contributed by atoms with E-state index in [0.29, 0.717) is 18.1 Å². The molecule has 5 heterocycles. The lowest BCUT2D eigenvalue weighted by atomic mass is 9.91. The second-order valence-electron chi connectivity index (χ2n) is 12.0.